The van der Waals surface area contributed by atoms with Crippen molar-refractivity contribution in [3.63, 3.8) is 0 Å². The number of amides is 1. The number of rotatable bonds is 42. The average molecular weight is 786 g/mol. The zero-order valence-electron chi connectivity index (χ0n) is 37.0. The number of esters is 1. The summed E-state index contributed by atoms with van der Waals surface area (Å²) in [6.07, 6.45) is 51.7. The fraction of sp³-hybridized carbons (Fsp3) is 0.800. The molecule has 0 aromatic carbocycles. The number of unbranched alkanes of at least 4 members (excludes halogenated alkanes) is 22. The zero-order valence-corrected chi connectivity index (χ0v) is 37.0. The van der Waals surface area contributed by atoms with E-state index < -0.39 is 18.2 Å². The summed E-state index contributed by atoms with van der Waals surface area (Å²) in [5, 5.41) is 23.6. The molecule has 56 heavy (non-hydrogen) atoms. The van der Waals surface area contributed by atoms with E-state index in [2.05, 4.69) is 74.7 Å². The lowest BCUT2D eigenvalue weighted by atomic mass is 10.0. The van der Waals surface area contributed by atoms with Crippen molar-refractivity contribution in [1.82, 2.24) is 5.32 Å². The molecule has 326 valence electrons. The Bertz CT molecular complexity index is 972. The van der Waals surface area contributed by atoms with Gasteiger partial charge < -0.3 is 20.3 Å². The third-order valence-corrected chi connectivity index (χ3v) is 10.6. The Balaban J connectivity index is 4.62. The highest BCUT2D eigenvalue weighted by Gasteiger charge is 2.24. The first-order valence-corrected chi connectivity index (χ1v) is 23.9. The molecule has 1 amide bonds. The Kier molecular flexibility index (Phi) is 42.2. The number of aliphatic hydroxyl groups is 2. The highest BCUT2D eigenvalue weighted by Crippen LogP contribution is 2.16. The molecule has 0 aromatic heterocycles. The van der Waals surface area contributed by atoms with E-state index in [1.165, 1.54) is 103 Å². The molecule has 0 aliphatic rings. The van der Waals surface area contributed by atoms with E-state index in [1.807, 2.05) is 0 Å². The van der Waals surface area contributed by atoms with Crippen LogP contribution in [0.3, 0.4) is 0 Å². The second-order valence-corrected chi connectivity index (χ2v) is 16.2. The van der Waals surface area contributed by atoms with E-state index in [0.29, 0.717) is 19.3 Å². The summed E-state index contributed by atoms with van der Waals surface area (Å²) in [5.41, 5.74) is 0. The molecule has 3 unspecified atom stereocenters. The second kappa shape index (κ2) is 43.9. The number of allylic oxidation sites excluding steroid dienone is 8. The summed E-state index contributed by atoms with van der Waals surface area (Å²) in [5.74, 6) is -0.530. The third kappa shape index (κ3) is 38.7. The van der Waals surface area contributed by atoms with Gasteiger partial charge >= 0.3 is 5.97 Å². The Morgan fingerprint density at radius 3 is 1.46 bits per heavy atom. The molecule has 6 nitrogen and oxygen atoms in total. The van der Waals surface area contributed by atoms with Gasteiger partial charge in [0, 0.05) is 6.42 Å². The van der Waals surface area contributed by atoms with Crippen LogP contribution in [-0.4, -0.2) is 46.9 Å². The van der Waals surface area contributed by atoms with Crippen LogP contribution in [0.1, 0.15) is 233 Å². The maximum absolute atomic E-state index is 13.1. The van der Waals surface area contributed by atoms with Crippen LogP contribution >= 0.6 is 0 Å². The molecular formula is C50H91NO5. The molecule has 0 radical (unpaired) electrons. The largest absolute Gasteiger partial charge is 0.462 e. The lowest BCUT2D eigenvalue weighted by Gasteiger charge is -2.24. The van der Waals surface area contributed by atoms with Gasteiger partial charge in [0.1, 0.15) is 6.10 Å². The van der Waals surface area contributed by atoms with Crippen molar-refractivity contribution in [1.29, 1.82) is 0 Å². The summed E-state index contributed by atoms with van der Waals surface area (Å²) in [6.45, 7) is 6.40. The molecule has 0 aliphatic heterocycles. The first kappa shape index (κ1) is 53.8. The highest BCUT2D eigenvalue weighted by atomic mass is 16.5. The van der Waals surface area contributed by atoms with Crippen LogP contribution in [0, 0.1) is 0 Å². The minimum Gasteiger partial charge on any atom is -0.462 e. The Morgan fingerprint density at radius 1 is 0.518 bits per heavy atom. The molecule has 0 aliphatic carbocycles. The molecule has 0 bridgehead atoms. The van der Waals surface area contributed by atoms with Crippen molar-refractivity contribution in [2.75, 3.05) is 6.61 Å². The minimum absolute atomic E-state index is 0.0474. The number of carbonyl (C=O) groups excluding carboxylic acids is 2. The number of nitrogens with one attached hydrogen (secondary N) is 1. The van der Waals surface area contributed by atoms with Gasteiger partial charge in [0.15, 0.2) is 0 Å². The number of hydrogen-bond donors (Lipinski definition) is 3. The molecule has 0 spiro atoms. The van der Waals surface area contributed by atoms with Gasteiger partial charge in [-0.05, 0) is 83.5 Å². The Morgan fingerprint density at radius 2 is 0.929 bits per heavy atom. The highest BCUT2D eigenvalue weighted by molar-refractivity contribution is 5.77. The molecule has 3 N–H and O–H groups in total. The van der Waals surface area contributed by atoms with Crippen molar-refractivity contribution >= 4 is 11.9 Å². The topological polar surface area (TPSA) is 95.9 Å². The minimum atomic E-state index is -0.795. The maximum atomic E-state index is 13.1. The van der Waals surface area contributed by atoms with Gasteiger partial charge in [-0.25, -0.2) is 0 Å². The van der Waals surface area contributed by atoms with Crippen molar-refractivity contribution in [3.8, 4) is 0 Å². The number of carbonyl (C=O) groups is 2. The zero-order chi connectivity index (χ0) is 41.0. The van der Waals surface area contributed by atoms with Crippen molar-refractivity contribution < 1.29 is 24.5 Å². The Labute approximate surface area is 346 Å². The fourth-order valence-electron chi connectivity index (χ4n) is 6.97. The van der Waals surface area contributed by atoms with Crippen LogP contribution in [0.25, 0.3) is 0 Å². The monoisotopic (exact) mass is 786 g/mol. The van der Waals surface area contributed by atoms with Crippen LogP contribution in [0.5, 0.6) is 0 Å². The lowest BCUT2D eigenvalue weighted by Crippen LogP contribution is -2.46. The van der Waals surface area contributed by atoms with Gasteiger partial charge in [-0.15, -0.1) is 0 Å². The first-order chi connectivity index (χ1) is 27.5. The normalized spacial score (nSPS) is 13.7. The van der Waals surface area contributed by atoms with Gasteiger partial charge in [-0.1, -0.05) is 185 Å². The molecule has 0 rings (SSSR count). The number of aliphatic hydroxyl groups excluding tert-OH is 2. The van der Waals surface area contributed by atoms with Crippen LogP contribution < -0.4 is 5.32 Å². The molecule has 0 saturated carbocycles. The van der Waals surface area contributed by atoms with Crippen molar-refractivity contribution in [2.45, 2.75) is 251 Å². The maximum Gasteiger partial charge on any atom is 0.306 e. The molecule has 3 atom stereocenters. The van der Waals surface area contributed by atoms with E-state index in [1.54, 1.807) is 0 Å². The Hall–Kier alpha value is -2.18. The molecular weight excluding hydrogens is 695 g/mol. The van der Waals surface area contributed by atoms with E-state index in [-0.39, 0.29) is 24.9 Å². The summed E-state index contributed by atoms with van der Waals surface area (Å²) in [6, 6.07) is -0.712. The third-order valence-electron chi connectivity index (χ3n) is 10.6. The average Bonchev–Trinajstić information content (AvgIpc) is 3.19. The number of ether oxygens (including phenoxy) is 1. The van der Waals surface area contributed by atoms with Crippen LogP contribution in [0.2, 0.25) is 0 Å². The van der Waals surface area contributed by atoms with Crippen LogP contribution in [-0.2, 0) is 14.3 Å². The predicted molar refractivity (Wildman–Crippen MR) is 241 cm³/mol. The predicted octanol–water partition coefficient (Wildman–Crippen LogP) is 13.9. The van der Waals surface area contributed by atoms with Gasteiger partial charge in [0.05, 0.1) is 25.2 Å². The van der Waals surface area contributed by atoms with E-state index in [9.17, 15) is 19.8 Å². The van der Waals surface area contributed by atoms with Gasteiger partial charge in [-0.2, -0.15) is 0 Å². The fourth-order valence-corrected chi connectivity index (χ4v) is 6.97. The van der Waals surface area contributed by atoms with Gasteiger partial charge in [0.25, 0.3) is 0 Å². The van der Waals surface area contributed by atoms with Crippen LogP contribution in [0.4, 0.5) is 0 Å². The molecule has 0 heterocycles. The quantitative estimate of drug-likeness (QED) is 0.0325. The van der Waals surface area contributed by atoms with Gasteiger partial charge in [0.2, 0.25) is 5.91 Å². The molecule has 0 fully saturated rings. The molecule has 0 saturated heterocycles. The number of hydrogen-bond acceptors (Lipinski definition) is 5. The molecule has 0 aromatic rings. The first-order valence-electron chi connectivity index (χ1n) is 23.9. The summed E-state index contributed by atoms with van der Waals surface area (Å²) >= 11 is 0. The van der Waals surface area contributed by atoms with E-state index in [0.717, 1.165) is 83.5 Å². The second-order valence-electron chi connectivity index (χ2n) is 16.2. The van der Waals surface area contributed by atoms with Gasteiger partial charge in [-0.3, -0.25) is 9.59 Å². The summed E-state index contributed by atoms with van der Waals surface area (Å²) < 4.78 is 5.88. The summed E-state index contributed by atoms with van der Waals surface area (Å²) in [7, 11) is 0. The standard InChI is InChI=1S/C50H91NO5/c1-4-7-10-13-16-19-21-22-23-24-25-26-28-31-34-37-40-43-50(55)56-46(41-38-35-32-30-27-20-17-14-11-8-5-2)44-49(54)51-47(45-52)48(53)42-39-36-33-29-18-15-12-9-6-3/h16,19,22-23,25-26,30,32,46-48,52-53H,4-15,17-18,20-21,24,27-29,31,33-45H2,1-3H3,(H,51,54)/b19-16-,23-22-,26-25-,32-30-. The van der Waals surface area contributed by atoms with E-state index >= 15 is 0 Å². The lowest BCUT2D eigenvalue weighted by molar-refractivity contribution is -0.151. The van der Waals surface area contributed by atoms with Crippen LogP contribution in [0.15, 0.2) is 48.6 Å². The van der Waals surface area contributed by atoms with Crippen molar-refractivity contribution in [2.24, 2.45) is 0 Å². The summed E-state index contributed by atoms with van der Waals surface area (Å²) in [4.78, 5) is 26.0. The molecule has 6 heteroatoms. The van der Waals surface area contributed by atoms with Crippen molar-refractivity contribution in [3.05, 3.63) is 48.6 Å². The van der Waals surface area contributed by atoms with E-state index in [4.69, 9.17) is 4.74 Å². The smallest absolute Gasteiger partial charge is 0.306 e. The SMILES string of the molecule is CCCCC/C=C\C/C=C\C/C=C\CCCCCCC(=O)OC(CCC/C=C\CCCCCCCC)CC(=O)NC(CO)C(O)CCCCCCCCCCC.